The third-order valence-electron chi connectivity index (χ3n) is 4.16. The minimum Gasteiger partial charge on any atom is -0.355 e. The number of allylic oxidation sites excluding steroid dienone is 1. The quantitative estimate of drug-likeness (QED) is 0.450. The van der Waals surface area contributed by atoms with Crippen LogP contribution < -0.4 is 10.7 Å². The lowest BCUT2D eigenvalue weighted by Gasteiger charge is -2.15. The molecular formula is C20H18BrN3O2. The lowest BCUT2D eigenvalue weighted by molar-refractivity contribution is -0.133. The van der Waals surface area contributed by atoms with E-state index in [1.165, 1.54) is 6.21 Å². The maximum atomic E-state index is 12.5. The molecule has 1 heterocycles. The van der Waals surface area contributed by atoms with Crippen LogP contribution in [0.4, 0.5) is 0 Å². The number of benzene rings is 2. The molecule has 1 aliphatic rings. The van der Waals surface area contributed by atoms with E-state index in [0.29, 0.717) is 11.0 Å². The van der Waals surface area contributed by atoms with Gasteiger partial charge in [-0.1, -0.05) is 60.7 Å². The summed E-state index contributed by atoms with van der Waals surface area (Å²) in [6.07, 6.45) is 3.37. The first-order chi connectivity index (χ1) is 12.6. The van der Waals surface area contributed by atoms with Gasteiger partial charge in [0.2, 0.25) is 5.91 Å². The molecule has 2 amide bonds. The Kier molecular flexibility index (Phi) is 5.96. The highest BCUT2D eigenvalue weighted by Crippen LogP contribution is 2.28. The van der Waals surface area contributed by atoms with Gasteiger partial charge in [0, 0.05) is 16.9 Å². The summed E-state index contributed by atoms with van der Waals surface area (Å²) in [5.74, 6) is -1.66. The first-order valence-electron chi connectivity index (χ1n) is 8.23. The van der Waals surface area contributed by atoms with Gasteiger partial charge in [0.15, 0.2) is 0 Å². The number of rotatable bonds is 5. The number of nitrogens with one attached hydrogen (secondary N) is 2. The molecule has 5 nitrogen and oxygen atoms in total. The maximum absolute atomic E-state index is 12.5. The number of hydrogen-bond donors (Lipinski definition) is 2. The van der Waals surface area contributed by atoms with Gasteiger partial charge in [-0.05, 0) is 33.1 Å². The molecule has 0 radical (unpaired) electrons. The van der Waals surface area contributed by atoms with Crippen molar-refractivity contribution in [2.75, 3.05) is 6.54 Å². The van der Waals surface area contributed by atoms with Gasteiger partial charge in [0.25, 0.3) is 5.91 Å². The fraction of sp³-hybridized carbons (Fsp3) is 0.150. The topological polar surface area (TPSA) is 70.6 Å². The van der Waals surface area contributed by atoms with Crippen LogP contribution >= 0.6 is 15.9 Å². The van der Waals surface area contributed by atoms with Gasteiger partial charge in [-0.3, -0.25) is 9.59 Å². The summed E-state index contributed by atoms with van der Waals surface area (Å²) in [6.45, 7) is 0.447. The second kappa shape index (κ2) is 8.58. The van der Waals surface area contributed by atoms with E-state index in [9.17, 15) is 9.59 Å². The lowest BCUT2D eigenvalue weighted by atomic mass is 9.88. The van der Waals surface area contributed by atoms with Crippen LogP contribution in [0, 0.1) is 5.92 Å². The van der Waals surface area contributed by atoms with Crippen molar-refractivity contribution in [1.82, 2.24) is 10.7 Å². The van der Waals surface area contributed by atoms with Crippen molar-refractivity contribution in [2.24, 2.45) is 11.0 Å². The minimum absolute atomic E-state index is 0.192. The first kappa shape index (κ1) is 18.1. The average molecular weight is 412 g/mol. The van der Waals surface area contributed by atoms with Gasteiger partial charge in [-0.2, -0.15) is 5.10 Å². The van der Waals surface area contributed by atoms with Crippen LogP contribution in [0.2, 0.25) is 0 Å². The zero-order valence-electron chi connectivity index (χ0n) is 13.9. The van der Waals surface area contributed by atoms with E-state index in [0.717, 1.165) is 11.1 Å². The highest BCUT2D eigenvalue weighted by atomic mass is 79.9. The Bertz CT molecular complexity index is 835. The lowest BCUT2D eigenvalue weighted by Crippen LogP contribution is -2.34. The molecule has 0 aromatic heterocycles. The number of halogens is 1. The van der Waals surface area contributed by atoms with Crippen LogP contribution in [-0.4, -0.2) is 24.6 Å². The molecule has 2 atom stereocenters. The molecule has 132 valence electrons. The molecular weight excluding hydrogens is 394 g/mol. The monoisotopic (exact) mass is 411 g/mol. The summed E-state index contributed by atoms with van der Waals surface area (Å²) in [5.41, 5.74) is 4.44. The number of amides is 2. The summed E-state index contributed by atoms with van der Waals surface area (Å²) in [6, 6.07) is 19.3. The van der Waals surface area contributed by atoms with Gasteiger partial charge in [-0.15, -0.1) is 0 Å². The Labute approximate surface area is 160 Å². The highest BCUT2D eigenvalue weighted by Gasteiger charge is 2.40. The summed E-state index contributed by atoms with van der Waals surface area (Å²) in [4.78, 5) is 24.6. The largest absolute Gasteiger partial charge is 0.355 e. The van der Waals surface area contributed by atoms with Gasteiger partial charge in [0.05, 0.1) is 6.21 Å². The van der Waals surface area contributed by atoms with Crippen molar-refractivity contribution in [1.29, 1.82) is 0 Å². The van der Waals surface area contributed by atoms with Crippen molar-refractivity contribution in [3.8, 4) is 0 Å². The smallest absolute Gasteiger partial charge is 0.253 e. The van der Waals surface area contributed by atoms with Gasteiger partial charge >= 0.3 is 0 Å². The van der Waals surface area contributed by atoms with E-state index >= 15 is 0 Å². The van der Waals surface area contributed by atoms with Crippen LogP contribution in [0.25, 0.3) is 6.08 Å². The molecule has 0 saturated carbocycles. The van der Waals surface area contributed by atoms with Gasteiger partial charge < -0.3 is 5.32 Å². The number of hydrogen-bond acceptors (Lipinski definition) is 3. The first-order valence-corrected chi connectivity index (χ1v) is 9.02. The average Bonchev–Trinajstić information content (AvgIpc) is 3.05. The van der Waals surface area contributed by atoms with Crippen LogP contribution in [-0.2, 0) is 9.59 Å². The molecule has 0 spiro atoms. The fourth-order valence-corrected chi connectivity index (χ4v) is 3.27. The molecule has 2 aromatic rings. The van der Waals surface area contributed by atoms with Crippen molar-refractivity contribution < 1.29 is 9.59 Å². The number of carbonyl (C=O) groups excluding carboxylic acids is 2. The van der Waals surface area contributed by atoms with E-state index in [2.05, 4.69) is 31.8 Å². The predicted octanol–water partition coefficient (Wildman–Crippen LogP) is 3.05. The van der Waals surface area contributed by atoms with E-state index in [1.807, 2.05) is 66.7 Å². The second-order valence-corrected chi connectivity index (χ2v) is 6.83. The van der Waals surface area contributed by atoms with Crippen LogP contribution in [0.15, 0.2) is 70.2 Å². The Balaban J connectivity index is 1.65. The Morgan fingerprint density at radius 3 is 2.46 bits per heavy atom. The van der Waals surface area contributed by atoms with Crippen molar-refractivity contribution in [3.05, 3.63) is 76.3 Å². The number of hydrazone groups is 1. The zero-order valence-corrected chi connectivity index (χ0v) is 15.5. The molecule has 6 heteroatoms. The van der Waals surface area contributed by atoms with E-state index in [4.69, 9.17) is 0 Å². The third-order valence-corrected chi connectivity index (χ3v) is 4.59. The Morgan fingerprint density at radius 1 is 1.12 bits per heavy atom. The molecule has 26 heavy (non-hydrogen) atoms. The minimum atomic E-state index is -0.786. The number of nitrogens with zero attached hydrogens (tertiary/aromatic N) is 1. The van der Waals surface area contributed by atoms with Crippen molar-refractivity contribution in [2.45, 2.75) is 5.92 Å². The SMILES string of the molecule is O=C1NC[C@@H](c2ccccc2)[C@@H]1C(=O)N/N=C/C(Br)=Cc1ccccc1. The molecule has 1 saturated heterocycles. The van der Waals surface area contributed by atoms with Crippen molar-refractivity contribution in [3.63, 3.8) is 0 Å². The molecule has 0 unspecified atom stereocenters. The molecule has 1 fully saturated rings. The summed E-state index contributed by atoms with van der Waals surface area (Å²) >= 11 is 3.39. The van der Waals surface area contributed by atoms with Crippen LogP contribution in [0.5, 0.6) is 0 Å². The summed E-state index contributed by atoms with van der Waals surface area (Å²) in [5, 5.41) is 6.71. The number of carbonyl (C=O) groups is 2. The fourth-order valence-electron chi connectivity index (χ4n) is 2.91. The maximum Gasteiger partial charge on any atom is 0.253 e. The summed E-state index contributed by atoms with van der Waals surface area (Å²) in [7, 11) is 0. The molecule has 2 aromatic carbocycles. The summed E-state index contributed by atoms with van der Waals surface area (Å²) < 4.78 is 0.708. The molecule has 1 aliphatic heterocycles. The standard InChI is InChI=1S/C20H18BrN3O2/c21-16(11-14-7-3-1-4-8-14)12-23-24-20(26)18-17(13-22-19(18)25)15-9-5-2-6-10-15/h1-12,17-18H,13H2,(H,22,25)(H,24,26)/b16-11?,23-12+/t17-,18-/m0/s1. The molecule has 3 rings (SSSR count). The van der Waals surface area contributed by atoms with Crippen LogP contribution in [0.1, 0.15) is 17.0 Å². The van der Waals surface area contributed by atoms with Gasteiger partial charge in [-0.25, -0.2) is 5.43 Å². The second-order valence-electron chi connectivity index (χ2n) is 5.91. The Morgan fingerprint density at radius 2 is 1.77 bits per heavy atom. The Hall–Kier alpha value is -2.73. The van der Waals surface area contributed by atoms with E-state index in [1.54, 1.807) is 0 Å². The van der Waals surface area contributed by atoms with Crippen LogP contribution in [0.3, 0.4) is 0 Å². The predicted molar refractivity (Wildman–Crippen MR) is 106 cm³/mol. The highest BCUT2D eigenvalue weighted by molar-refractivity contribution is 9.12. The molecule has 0 aliphatic carbocycles. The zero-order chi connectivity index (χ0) is 18.4. The normalized spacial score (nSPS) is 20.2. The van der Waals surface area contributed by atoms with Crippen molar-refractivity contribution >= 4 is 40.0 Å². The molecule has 0 bridgehead atoms. The third kappa shape index (κ3) is 4.46. The van der Waals surface area contributed by atoms with Gasteiger partial charge in [0.1, 0.15) is 5.92 Å². The molecule has 2 N–H and O–H groups in total. The van der Waals surface area contributed by atoms with E-state index in [-0.39, 0.29) is 11.8 Å². The van der Waals surface area contributed by atoms with E-state index < -0.39 is 11.8 Å².